The molecule has 0 atom stereocenters. The summed E-state index contributed by atoms with van der Waals surface area (Å²) < 4.78 is 0. The van der Waals surface area contributed by atoms with Crippen molar-refractivity contribution < 1.29 is 4.79 Å². The van der Waals surface area contributed by atoms with Crippen LogP contribution in [0.5, 0.6) is 0 Å². The summed E-state index contributed by atoms with van der Waals surface area (Å²) in [4.78, 5) is 16.3. The zero-order valence-electron chi connectivity index (χ0n) is 14.9. The Kier molecular flexibility index (Phi) is 4.87. The SMILES string of the molecule is CCCCN1CCC(=C2c3ccccc3CC(=O)c3sccc32)CC1. The highest BCUT2D eigenvalue weighted by Crippen LogP contribution is 2.40. The Morgan fingerprint density at radius 1 is 1.08 bits per heavy atom. The zero-order chi connectivity index (χ0) is 17.2. The van der Waals surface area contributed by atoms with Crippen molar-refractivity contribution in [2.24, 2.45) is 0 Å². The number of hydrogen-bond donors (Lipinski definition) is 0. The number of fused-ring (bicyclic) bond motifs is 2. The molecule has 130 valence electrons. The highest BCUT2D eigenvalue weighted by molar-refractivity contribution is 7.12. The number of thiophene rings is 1. The minimum atomic E-state index is 0.272. The first kappa shape index (κ1) is 16.7. The Bertz CT molecular complexity index is 807. The first-order valence-corrected chi connectivity index (χ1v) is 10.3. The van der Waals surface area contributed by atoms with Gasteiger partial charge in [0.05, 0.1) is 4.88 Å². The molecule has 1 aromatic carbocycles. The van der Waals surface area contributed by atoms with Crippen molar-refractivity contribution in [1.29, 1.82) is 0 Å². The van der Waals surface area contributed by atoms with E-state index in [1.165, 1.54) is 47.2 Å². The summed E-state index contributed by atoms with van der Waals surface area (Å²) >= 11 is 1.60. The molecule has 0 saturated carbocycles. The van der Waals surface area contributed by atoms with Crippen LogP contribution >= 0.6 is 11.3 Å². The zero-order valence-corrected chi connectivity index (χ0v) is 15.7. The Balaban J connectivity index is 1.75. The van der Waals surface area contributed by atoms with E-state index >= 15 is 0 Å². The molecule has 2 heterocycles. The Labute approximate surface area is 154 Å². The second kappa shape index (κ2) is 7.27. The van der Waals surface area contributed by atoms with Gasteiger partial charge in [0.1, 0.15) is 0 Å². The van der Waals surface area contributed by atoms with Crippen molar-refractivity contribution in [3.8, 4) is 0 Å². The van der Waals surface area contributed by atoms with Crippen molar-refractivity contribution in [1.82, 2.24) is 4.90 Å². The lowest BCUT2D eigenvalue weighted by molar-refractivity contribution is 0.0997. The maximum atomic E-state index is 12.7. The molecule has 2 nitrogen and oxygen atoms in total. The van der Waals surface area contributed by atoms with Gasteiger partial charge < -0.3 is 4.90 Å². The number of hydrogen-bond acceptors (Lipinski definition) is 3. The summed E-state index contributed by atoms with van der Waals surface area (Å²) in [5, 5.41) is 2.08. The van der Waals surface area contributed by atoms with Gasteiger partial charge in [-0.3, -0.25) is 4.79 Å². The molecule has 3 heteroatoms. The lowest BCUT2D eigenvalue weighted by atomic mass is 9.87. The fraction of sp³-hybridized carbons (Fsp3) is 0.409. The Hall–Kier alpha value is -1.71. The lowest BCUT2D eigenvalue weighted by Gasteiger charge is -2.30. The fourth-order valence-corrected chi connectivity index (χ4v) is 4.94. The van der Waals surface area contributed by atoms with Crippen LogP contribution in [-0.2, 0) is 6.42 Å². The van der Waals surface area contributed by atoms with Crippen LogP contribution in [0.25, 0.3) is 5.57 Å². The average Bonchev–Trinajstić information content (AvgIpc) is 3.08. The molecule has 2 aliphatic rings. The quantitative estimate of drug-likeness (QED) is 0.759. The predicted octanol–water partition coefficient (Wildman–Crippen LogP) is 5.18. The van der Waals surface area contributed by atoms with E-state index in [1.807, 2.05) is 0 Å². The molecule has 25 heavy (non-hydrogen) atoms. The molecular formula is C22H25NOS. The van der Waals surface area contributed by atoms with Gasteiger partial charge in [-0.2, -0.15) is 0 Å². The normalized spacial score (nSPS) is 18.0. The summed E-state index contributed by atoms with van der Waals surface area (Å²) in [5.41, 5.74) is 6.54. The molecule has 1 saturated heterocycles. The minimum Gasteiger partial charge on any atom is -0.303 e. The summed E-state index contributed by atoms with van der Waals surface area (Å²) in [6.07, 6.45) is 5.33. The van der Waals surface area contributed by atoms with Gasteiger partial charge in [0.15, 0.2) is 5.78 Å². The number of likely N-dealkylation sites (tertiary alicyclic amines) is 1. The van der Waals surface area contributed by atoms with Gasteiger partial charge in [0.25, 0.3) is 0 Å². The third kappa shape index (κ3) is 3.23. The third-order valence-electron chi connectivity index (χ3n) is 5.47. The largest absolute Gasteiger partial charge is 0.303 e. The molecule has 0 amide bonds. The van der Waals surface area contributed by atoms with Gasteiger partial charge in [-0.05, 0) is 54.0 Å². The van der Waals surface area contributed by atoms with Gasteiger partial charge in [-0.1, -0.05) is 43.2 Å². The predicted molar refractivity (Wildman–Crippen MR) is 105 cm³/mol. The van der Waals surface area contributed by atoms with E-state index in [1.54, 1.807) is 11.3 Å². The highest BCUT2D eigenvalue weighted by atomic mass is 32.1. The number of carbonyl (C=O) groups is 1. The van der Waals surface area contributed by atoms with Gasteiger partial charge in [0, 0.05) is 25.1 Å². The molecule has 0 bridgehead atoms. The summed E-state index contributed by atoms with van der Waals surface area (Å²) in [6.45, 7) is 5.77. The minimum absolute atomic E-state index is 0.272. The van der Waals surface area contributed by atoms with Crippen LogP contribution in [0.4, 0.5) is 0 Å². The molecule has 0 spiro atoms. The number of Topliss-reactive ketones (excluding diaryl/α,β-unsaturated/α-hetero) is 1. The van der Waals surface area contributed by atoms with E-state index in [0.29, 0.717) is 6.42 Å². The van der Waals surface area contributed by atoms with Gasteiger partial charge in [-0.25, -0.2) is 0 Å². The second-order valence-corrected chi connectivity index (χ2v) is 8.01. The van der Waals surface area contributed by atoms with Gasteiger partial charge in [0.2, 0.25) is 0 Å². The maximum Gasteiger partial charge on any atom is 0.177 e. The molecular weight excluding hydrogens is 326 g/mol. The molecule has 1 aromatic heterocycles. The molecule has 0 unspecified atom stereocenters. The number of benzene rings is 1. The first-order valence-electron chi connectivity index (χ1n) is 9.41. The van der Waals surface area contributed by atoms with E-state index < -0.39 is 0 Å². The second-order valence-electron chi connectivity index (χ2n) is 7.09. The van der Waals surface area contributed by atoms with E-state index in [9.17, 15) is 4.79 Å². The van der Waals surface area contributed by atoms with E-state index in [0.717, 1.165) is 30.8 Å². The number of rotatable bonds is 3. The van der Waals surface area contributed by atoms with Gasteiger partial charge >= 0.3 is 0 Å². The summed E-state index contributed by atoms with van der Waals surface area (Å²) in [7, 11) is 0. The molecule has 2 aromatic rings. The summed E-state index contributed by atoms with van der Waals surface area (Å²) in [5.74, 6) is 0.272. The van der Waals surface area contributed by atoms with Crippen LogP contribution in [-0.4, -0.2) is 30.3 Å². The van der Waals surface area contributed by atoms with Crippen LogP contribution < -0.4 is 0 Å². The van der Waals surface area contributed by atoms with Crippen molar-refractivity contribution in [2.45, 2.75) is 39.0 Å². The molecule has 4 rings (SSSR count). The van der Waals surface area contributed by atoms with Crippen LogP contribution in [0, 0.1) is 0 Å². The van der Waals surface area contributed by atoms with Crippen molar-refractivity contribution in [3.05, 3.63) is 62.9 Å². The van der Waals surface area contributed by atoms with E-state index in [2.05, 4.69) is 47.5 Å². The van der Waals surface area contributed by atoms with Crippen molar-refractivity contribution >= 4 is 22.7 Å². The average molecular weight is 352 g/mol. The van der Waals surface area contributed by atoms with Crippen molar-refractivity contribution in [3.63, 3.8) is 0 Å². The Morgan fingerprint density at radius 2 is 1.88 bits per heavy atom. The lowest BCUT2D eigenvalue weighted by Crippen LogP contribution is -2.31. The summed E-state index contributed by atoms with van der Waals surface area (Å²) in [6, 6.07) is 10.7. The molecule has 1 aliphatic carbocycles. The molecule has 1 fully saturated rings. The smallest absolute Gasteiger partial charge is 0.177 e. The van der Waals surface area contributed by atoms with Crippen LogP contribution in [0.3, 0.4) is 0 Å². The van der Waals surface area contributed by atoms with Crippen LogP contribution in [0.1, 0.15) is 59.0 Å². The van der Waals surface area contributed by atoms with Crippen LogP contribution in [0.2, 0.25) is 0 Å². The third-order valence-corrected chi connectivity index (χ3v) is 6.42. The molecule has 0 N–H and O–H groups in total. The topological polar surface area (TPSA) is 20.3 Å². The number of unbranched alkanes of at least 4 members (excludes halogenated alkanes) is 1. The molecule has 1 aliphatic heterocycles. The van der Waals surface area contributed by atoms with E-state index in [-0.39, 0.29) is 5.78 Å². The van der Waals surface area contributed by atoms with E-state index in [4.69, 9.17) is 0 Å². The fourth-order valence-electron chi connectivity index (χ4n) is 4.10. The standard InChI is InChI=1S/C22H25NOS/c1-2-3-11-23-12-8-16(9-13-23)21-18-7-5-4-6-17(18)15-20(24)22-19(21)10-14-25-22/h4-7,10,14H,2-3,8-9,11-13,15H2,1H3. The number of piperidine rings is 1. The monoisotopic (exact) mass is 351 g/mol. The van der Waals surface area contributed by atoms with Gasteiger partial charge in [-0.15, -0.1) is 11.3 Å². The number of nitrogens with zero attached hydrogens (tertiary/aromatic N) is 1. The van der Waals surface area contributed by atoms with Crippen LogP contribution in [0.15, 0.2) is 41.3 Å². The number of carbonyl (C=O) groups excluding carboxylic acids is 1. The van der Waals surface area contributed by atoms with Crippen molar-refractivity contribution in [2.75, 3.05) is 19.6 Å². The molecule has 0 radical (unpaired) electrons. The first-order chi connectivity index (χ1) is 12.3. The highest BCUT2D eigenvalue weighted by Gasteiger charge is 2.27. The maximum absolute atomic E-state index is 12.7. The number of ketones is 1. The Morgan fingerprint density at radius 3 is 2.68 bits per heavy atom.